The lowest BCUT2D eigenvalue weighted by Gasteiger charge is -2.29. The fourth-order valence-corrected chi connectivity index (χ4v) is 3.73. The Morgan fingerprint density at radius 1 is 1.06 bits per heavy atom. The van der Waals surface area contributed by atoms with Crippen molar-refractivity contribution in [1.82, 2.24) is 15.5 Å². The van der Waals surface area contributed by atoms with Gasteiger partial charge in [-0.25, -0.2) is 4.79 Å². The molecule has 13 nitrogen and oxygen atoms in total. The molecule has 1 aliphatic rings. The van der Waals surface area contributed by atoms with Crippen molar-refractivity contribution < 1.29 is 44.4 Å². The Kier molecular flexibility index (Phi) is 9.97. The molecule has 4 atom stereocenters. The van der Waals surface area contributed by atoms with E-state index in [-0.39, 0.29) is 31.6 Å². The van der Waals surface area contributed by atoms with Gasteiger partial charge in [-0.2, -0.15) is 0 Å². The van der Waals surface area contributed by atoms with Crippen LogP contribution in [-0.2, 0) is 30.4 Å². The predicted octanol–water partition coefficient (Wildman–Crippen LogP) is -1.84. The van der Waals surface area contributed by atoms with E-state index in [4.69, 9.17) is 15.9 Å². The van der Waals surface area contributed by atoms with Crippen LogP contribution in [0.25, 0.3) is 0 Å². The molecule has 1 heterocycles. The van der Waals surface area contributed by atoms with Crippen LogP contribution in [0.5, 0.6) is 5.75 Å². The van der Waals surface area contributed by atoms with Crippen molar-refractivity contribution in [2.24, 2.45) is 5.73 Å². The molecule has 4 unspecified atom stereocenters. The van der Waals surface area contributed by atoms with E-state index in [9.17, 15) is 34.2 Å². The number of nitrogens with one attached hydrogen (secondary N) is 2. The summed E-state index contributed by atoms with van der Waals surface area (Å²) in [7, 11) is 0. The van der Waals surface area contributed by atoms with Gasteiger partial charge >= 0.3 is 11.9 Å². The van der Waals surface area contributed by atoms with Crippen LogP contribution in [0.1, 0.15) is 31.2 Å². The largest absolute Gasteiger partial charge is 0.508 e. The molecule has 3 amide bonds. The Labute approximate surface area is 200 Å². The van der Waals surface area contributed by atoms with Gasteiger partial charge in [0.05, 0.1) is 6.61 Å². The lowest BCUT2D eigenvalue weighted by atomic mass is 10.0. The molecule has 8 N–H and O–H groups in total. The van der Waals surface area contributed by atoms with Crippen LogP contribution in [0.3, 0.4) is 0 Å². The lowest BCUT2D eigenvalue weighted by molar-refractivity contribution is -0.145. The molecule has 0 saturated carbocycles. The number of aliphatic hydroxyl groups is 1. The van der Waals surface area contributed by atoms with Crippen molar-refractivity contribution in [3.8, 4) is 5.75 Å². The Hall–Kier alpha value is -3.71. The zero-order valence-corrected chi connectivity index (χ0v) is 18.9. The van der Waals surface area contributed by atoms with Gasteiger partial charge in [0.1, 0.15) is 29.9 Å². The number of hydrogen-bond acceptors (Lipinski definition) is 8. The second kappa shape index (κ2) is 12.7. The molecule has 0 bridgehead atoms. The van der Waals surface area contributed by atoms with E-state index in [0.717, 1.165) is 0 Å². The number of nitrogens with zero attached hydrogens (tertiary/aromatic N) is 1. The molecule has 2 rings (SSSR count). The molecule has 0 spiro atoms. The molecule has 35 heavy (non-hydrogen) atoms. The number of carbonyl (C=O) groups is 5. The highest BCUT2D eigenvalue weighted by atomic mass is 16.4. The second-order valence-electron chi connectivity index (χ2n) is 8.24. The summed E-state index contributed by atoms with van der Waals surface area (Å²) < 4.78 is 0. The number of nitrogens with two attached hydrogens (primary N) is 1. The second-order valence-corrected chi connectivity index (χ2v) is 8.24. The molecule has 13 heteroatoms. The smallest absolute Gasteiger partial charge is 0.326 e. The highest BCUT2D eigenvalue weighted by molar-refractivity contribution is 5.94. The molecule has 1 aromatic rings. The Bertz CT molecular complexity index is 937. The number of carbonyl (C=O) groups excluding carboxylic acids is 3. The molecule has 0 aromatic heterocycles. The Balaban J connectivity index is 2.13. The van der Waals surface area contributed by atoms with E-state index >= 15 is 0 Å². The topological polar surface area (TPSA) is 220 Å². The number of phenolic OH excluding ortho intramolecular Hbond substituents is 1. The van der Waals surface area contributed by atoms with E-state index in [1.54, 1.807) is 0 Å². The number of aromatic hydroxyl groups is 1. The number of benzene rings is 1. The summed E-state index contributed by atoms with van der Waals surface area (Å²) in [5.41, 5.74) is 6.03. The first-order valence-corrected chi connectivity index (χ1v) is 11.0. The maximum absolute atomic E-state index is 13.2. The summed E-state index contributed by atoms with van der Waals surface area (Å²) >= 11 is 0. The molecular weight excluding hydrogens is 464 g/mol. The van der Waals surface area contributed by atoms with Crippen molar-refractivity contribution >= 4 is 29.7 Å². The van der Waals surface area contributed by atoms with Crippen molar-refractivity contribution in [2.75, 3.05) is 13.2 Å². The van der Waals surface area contributed by atoms with Gasteiger partial charge in [-0.1, -0.05) is 12.1 Å². The van der Waals surface area contributed by atoms with Gasteiger partial charge < -0.3 is 41.7 Å². The summed E-state index contributed by atoms with van der Waals surface area (Å²) in [6.45, 7) is -0.532. The number of rotatable bonds is 12. The number of carboxylic acids is 2. The summed E-state index contributed by atoms with van der Waals surface area (Å²) in [6, 6.07) is 0.907. The fraction of sp³-hybridized carbons (Fsp3) is 0.500. The van der Waals surface area contributed by atoms with Gasteiger partial charge in [0.15, 0.2) is 0 Å². The standard InChI is InChI=1S/C22H30N4O9/c23-14(11-27)19(31)24-15(7-8-18(29)30)21(33)26-9-1-2-17(26)20(32)25-16(22(34)35)10-12-3-5-13(28)6-4-12/h3-6,14-17,27-28H,1-2,7-11,23H2,(H,24,31)(H,25,32)(H,29,30)(H,34,35). The molecule has 1 aromatic carbocycles. The monoisotopic (exact) mass is 494 g/mol. The average Bonchev–Trinajstić information content (AvgIpc) is 3.31. The highest BCUT2D eigenvalue weighted by Gasteiger charge is 2.39. The van der Waals surface area contributed by atoms with Crippen LogP contribution in [0, 0.1) is 0 Å². The van der Waals surface area contributed by atoms with Gasteiger partial charge in [-0.3, -0.25) is 19.2 Å². The van der Waals surface area contributed by atoms with E-state index in [2.05, 4.69) is 10.6 Å². The summed E-state index contributed by atoms with van der Waals surface area (Å²) in [5, 5.41) is 41.8. The van der Waals surface area contributed by atoms with Gasteiger partial charge in [-0.15, -0.1) is 0 Å². The molecule has 1 fully saturated rings. The molecular formula is C22H30N4O9. The number of likely N-dealkylation sites (tertiary alicyclic amines) is 1. The molecule has 1 aliphatic heterocycles. The van der Waals surface area contributed by atoms with Crippen LogP contribution in [0.15, 0.2) is 24.3 Å². The van der Waals surface area contributed by atoms with E-state index in [1.165, 1.54) is 29.2 Å². The quantitative estimate of drug-likeness (QED) is 0.172. The lowest BCUT2D eigenvalue weighted by Crippen LogP contribution is -2.57. The van der Waals surface area contributed by atoms with Crippen LogP contribution < -0.4 is 16.4 Å². The van der Waals surface area contributed by atoms with E-state index < -0.39 is 66.9 Å². The minimum Gasteiger partial charge on any atom is -0.508 e. The van der Waals surface area contributed by atoms with Gasteiger partial charge in [0, 0.05) is 19.4 Å². The number of carboxylic acid groups (broad SMARTS) is 2. The van der Waals surface area contributed by atoms with Gasteiger partial charge in [0.2, 0.25) is 17.7 Å². The van der Waals surface area contributed by atoms with Crippen LogP contribution >= 0.6 is 0 Å². The molecule has 0 radical (unpaired) electrons. The van der Waals surface area contributed by atoms with Crippen molar-refractivity contribution in [3.05, 3.63) is 29.8 Å². The van der Waals surface area contributed by atoms with Crippen LogP contribution in [-0.4, -0.2) is 92.3 Å². The first-order valence-electron chi connectivity index (χ1n) is 11.0. The molecule has 192 valence electrons. The van der Waals surface area contributed by atoms with Gasteiger partial charge in [-0.05, 0) is 37.0 Å². The highest BCUT2D eigenvalue weighted by Crippen LogP contribution is 2.20. The zero-order chi connectivity index (χ0) is 26.1. The summed E-state index contributed by atoms with van der Waals surface area (Å²) in [5.74, 6) is -4.72. The maximum Gasteiger partial charge on any atom is 0.326 e. The third-order valence-electron chi connectivity index (χ3n) is 5.62. The van der Waals surface area contributed by atoms with Crippen molar-refractivity contribution in [1.29, 1.82) is 0 Å². The minimum atomic E-state index is -1.32. The number of amides is 3. The number of hydrogen-bond donors (Lipinski definition) is 7. The minimum absolute atomic E-state index is 0.00857. The third kappa shape index (κ3) is 7.93. The average molecular weight is 495 g/mol. The van der Waals surface area contributed by atoms with Crippen LogP contribution in [0.2, 0.25) is 0 Å². The SMILES string of the molecule is NC(CO)C(=O)NC(CCC(=O)O)C(=O)N1CCCC1C(=O)NC(Cc1ccc(O)cc1)C(=O)O. The number of phenols is 1. The predicted molar refractivity (Wildman–Crippen MR) is 120 cm³/mol. The third-order valence-corrected chi connectivity index (χ3v) is 5.62. The Morgan fingerprint density at radius 2 is 1.71 bits per heavy atom. The van der Waals surface area contributed by atoms with E-state index in [0.29, 0.717) is 12.0 Å². The molecule has 0 aliphatic carbocycles. The number of aliphatic hydroxyl groups excluding tert-OH is 1. The van der Waals surface area contributed by atoms with E-state index in [1.807, 2.05) is 0 Å². The van der Waals surface area contributed by atoms with Gasteiger partial charge in [0.25, 0.3) is 0 Å². The first kappa shape index (κ1) is 27.5. The fourth-order valence-electron chi connectivity index (χ4n) is 3.73. The van der Waals surface area contributed by atoms with Crippen molar-refractivity contribution in [2.45, 2.75) is 56.3 Å². The van der Waals surface area contributed by atoms with Crippen LogP contribution in [0.4, 0.5) is 0 Å². The zero-order valence-electron chi connectivity index (χ0n) is 18.9. The first-order chi connectivity index (χ1) is 16.5. The summed E-state index contributed by atoms with van der Waals surface area (Å²) in [6.07, 6.45) is -0.0719. The molecule has 1 saturated heterocycles. The number of aliphatic carboxylic acids is 2. The van der Waals surface area contributed by atoms with Crippen molar-refractivity contribution in [3.63, 3.8) is 0 Å². The summed E-state index contributed by atoms with van der Waals surface area (Å²) in [4.78, 5) is 62.1. The normalized spacial score (nSPS) is 17.8. The maximum atomic E-state index is 13.2. The Morgan fingerprint density at radius 3 is 2.29 bits per heavy atom.